The van der Waals surface area contributed by atoms with Gasteiger partial charge in [0.25, 0.3) is 0 Å². The van der Waals surface area contributed by atoms with Crippen molar-refractivity contribution in [2.75, 3.05) is 26.3 Å². The van der Waals surface area contributed by atoms with Crippen LogP contribution in [0.2, 0.25) is 0 Å². The minimum Gasteiger partial charge on any atom is -0.381 e. The highest BCUT2D eigenvalue weighted by Gasteiger charge is 2.37. The van der Waals surface area contributed by atoms with Crippen LogP contribution in [0.3, 0.4) is 0 Å². The molecule has 0 aromatic carbocycles. The summed E-state index contributed by atoms with van der Waals surface area (Å²) < 4.78 is 5.27. The van der Waals surface area contributed by atoms with Crippen molar-refractivity contribution in [1.29, 1.82) is 0 Å². The molecule has 4 heteroatoms. The van der Waals surface area contributed by atoms with E-state index in [9.17, 15) is 4.79 Å². The molecule has 2 aliphatic heterocycles. The number of rotatable bonds is 2. The Hall–Kier alpha value is -0.610. The van der Waals surface area contributed by atoms with Gasteiger partial charge in [0, 0.05) is 25.8 Å². The lowest BCUT2D eigenvalue weighted by atomic mass is 9.88. The first-order chi connectivity index (χ1) is 7.21. The second-order valence-corrected chi connectivity index (χ2v) is 4.85. The van der Waals surface area contributed by atoms with Crippen molar-refractivity contribution < 1.29 is 9.53 Å². The number of hydrogen-bond acceptors (Lipinski definition) is 3. The molecule has 0 spiro atoms. The first kappa shape index (κ1) is 10.9. The maximum absolute atomic E-state index is 12.0. The minimum atomic E-state index is -0.196. The predicted octanol–water partition coefficient (Wildman–Crippen LogP) is 0.281. The monoisotopic (exact) mass is 212 g/mol. The van der Waals surface area contributed by atoms with E-state index in [0.717, 1.165) is 45.6 Å². The van der Waals surface area contributed by atoms with Crippen LogP contribution in [0, 0.1) is 5.41 Å². The van der Waals surface area contributed by atoms with Crippen LogP contribution in [0.1, 0.15) is 26.2 Å². The van der Waals surface area contributed by atoms with E-state index >= 15 is 0 Å². The quantitative estimate of drug-likeness (QED) is 0.691. The summed E-state index contributed by atoms with van der Waals surface area (Å²) in [6.07, 6.45) is 2.85. The largest absolute Gasteiger partial charge is 0.381 e. The molecule has 0 radical (unpaired) electrons. The molecule has 4 nitrogen and oxygen atoms in total. The Morgan fingerprint density at radius 1 is 1.47 bits per heavy atom. The smallest absolute Gasteiger partial charge is 0.227 e. The topological polar surface area (TPSA) is 50.4 Å². The van der Waals surface area contributed by atoms with E-state index in [4.69, 9.17) is 4.74 Å². The molecule has 0 aromatic heterocycles. The highest BCUT2D eigenvalue weighted by Crippen LogP contribution is 2.25. The Bertz CT molecular complexity index is 231. The van der Waals surface area contributed by atoms with Crippen LogP contribution in [-0.4, -0.2) is 38.3 Å². The van der Waals surface area contributed by atoms with Crippen molar-refractivity contribution in [3.05, 3.63) is 0 Å². The molecule has 2 saturated heterocycles. The van der Waals surface area contributed by atoms with Gasteiger partial charge in [-0.25, -0.2) is 0 Å². The van der Waals surface area contributed by atoms with Crippen LogP contribution in [0.25, 0.3) is 0 Å². The molecule has 2 N–H and O–H groups in total. The molecule has 86 valence electrons. The Balaban J connectivity index is 1.85. The fraction of sp³-hybridized carbons (Fsp3) is 0.909. The molecular formula is C11H20N2O2. The molecule has 2 heterocycles. The first-order valence-corrected chi connectivity index (χ1v) is 5.80. The lowest BCUT2D eigenvalue weighted by molar-refractivity contribution is -0.130. The van der Waals surface area contributed by atoms with Gasteiger partial charge in [-0.1, -0.05) is 0 Å². The summed E-state index contributed by atoms with van der Waals surface area (Å²) in [5, 5.41) is 6.39. The summed E-state index contributed by atoms with van der Waals surface area (Å²) in [6, 6.07) is 0.323. The van der Waals surface area contributed by atoms with Gasteiger partial charge in [-0.3, -0.25) is 4.79 Å². The lowest BCUT2D eigenvalue weighted by Crippen LogP contribution is -2.47. The van der Waals surface area contributed by atoms with Crippen LogP contribution in [0.5, 0.6) is 0 Å². The summed E-state index contributed by atoms with van der Waals surface area (Å²) in [5.74, 6) is 0.208. The third kappa shape index (κ3) is 2.49. The van der Waals surface area contributed by atoms with Gasteiger partial charge in [-0.05, 0) is 32.7 Å². The zero-order valence-electron chi connectivity index (χ0n) is 9.34. The molecule has 0 saturated carbocycles. The third-order valence-corrected chi connectivity index (χ3v) is 3.47. The molecule has 0 aromatic rings. The van der Waals surface area contributed by atoms with E-state index in [-0.39, 0.29) is 11.3 Å². The third-order valence-electron chi connectivity index (χ3n) is 3.47. The van der Waals surface area contributed by atoms with Gasteiger partial charge in [0.2, 0.25) is 5.91 Å². The minimum absolute atomic E-state index is 0.196. The van der Waals surface area contributed by atoms with Crippen LogP contribution in [0.4, 0.5) is 0 Å². The van der Waals surface area contributed by atoms with Crippen molar-refractivity contribution in [3.63, 3.8) is 0 Å². The normalized spacial score (nSPS) is 32.9. The van der Waals surface area contributed by atoms with Gasteiger partial charge in [0.15, 0.2) is 0 Å². The molecule has 2 fully saturated rings. The molecule has 1 amide bonds. The first-order valence-electron chi connectivity index (χ1n) is 5.80. The molecular weight excluding hydrogens is 192 g/mol. The Labute approximate surface area is 90.8 Å². The van der Waals surface area contributed by atoms with Gasteiger partial charge in [-0.2, -0.15) is 0 Å². The molecule has 0 aliphatic carbocycles. The summed E-state index contributed by atoms with van der Waals surface area (Å²) in [7, 11) is 0. The molecule has 2 rings (SSSR count). The SMILES string of the molecule is CC1(C(=O)NC2CCOCC2)CCNC1. The Morgan fingerprint density at radius 2 is 2.20 bits per heavy atom. The number of carbonyl (C=O) groups is 1. The van der Waals surface area contributed by atoms with Gasteiger partial charge in [0.1, 0.15) is 0 Å². The standard InChI is InChI=1S/C11H20N2O2/c1-11(4-5-12-8-11)10(14)13-9-2-6-15-7-3-9/h9,12H,2-8H2,1H3,(H,13,14). The van der Waals surface area contributed by atoms with Crippen LogP contribution in [0.15, 0.2) is 0 Å². The molecule has 1 atom stereocenters. The zero-order chi connectivity index (χ0) is 10.7. The maximum atomic E-state index is 12.0. The van der Waals surface area contributed by atoms with Gasteiger partial charge in [0.05, 0.1) is 5.41 Å². The number of ether oxygens (including phenoxy) is 1. The fourth-order valence-electron chi connectivity index (χ4n) is 2.21. The highest BCUT2D eigenvalue weighted by atomic mass is 16.5. The summed E-state index contributed by atoms with van der Waals surface area (Å²) in [6.45, 7) is 5.36. The van der Waals surface area contributed by atoms with E-state index < -0.39 is 0 Å². The van der Waals surface area contributed by atoms with E-state index in [1.165, 1.54) is 0 Å². The fourth-order valence-corrected chi connectivity index (χ4v) is 2.21. The van der Waals surface area contributed by atoms with Crippen molar-refractivity contribution in [2.45, 2.75) is 32.2 Å². The van der Waals surface area contributed by atoms with Crippen molar-refractivity contribution in [1.82, 2.24) is 10.6 Å². The molecule has 2 aliphatic rings. The average molecular weight is 212 g/mol. The van der Waals surface area contributed by atoms with Crippen molar-refractivity contribution in [2.24, 2.45) is 5.41 Å². The summed E-state index contributed by atoms with van der Waals surface area (Å²) in [4.78, 5) is 12.0. The average Bonchev–Trinajstić information content (AvgIpc) is 2.68. The lowest BCUT2D eigenvalue weighted by Gasteiger charge is -2.28. The number of carbonyl (C=O) groups excluding carboxylic acids is 1. The second kappa shape index (κ2) is 4.49. The van der Waals surface area contributed by atoms with E-state index in [2.05, 4.69) is 10.6 Å². The zero-order valence-corrected chi connectivity index (χ0v) is 9.34. The number of nitrogens with one attached hydrogen (secondary N) is 2. The van der Waals surface area contributed by atoms with E-state index in [1.54, 1.807) is 0 Å². The van der Waals surface area contributed by atoms with Gasteiger partial charge in [-0.15, -0.1) is 0 Å². The Kier molecular flexibility index (Phi) is 3.26. The van der Waals surface area contributed by atoms with Gasteiger partial charge >= 0.3 is 0 Å². The second-order valence-electron chi connectivity index (χ2n) is 4.85. The maximum Gasteiger partial charge on any atom is 0.227 e. The summed E-state index contributed by atoms with van der Waals surface area (Å²) in [5.41, 5.74) is -0.196. The van der Waals surface area contributed by atoms with Crippen LogP contribution >= 0.6 is 0 Å². The number of amides is 1. The molecule has 1 unspecified atom stereocenters. The van der Waals surface area contributed by atoms with E-state index in [1.807, 2.05) is 6.92 Å². The van der Waals surface area contributed by atoms with Crippen molar-refractivity contribution >= 4 is 5.91 Å². The van der Waals surface area contributed by atoms with Crippen LogP contribution < -0.4 is 10.6 Å². The Morgan fingerprint density at radius 3 is 2.80 bits per heavy atom. The predicted molar refractivity (Wildman–Crippen MR) is 57.6 cm³/mol. The van der Waals surface area contributed by atoms with Crippen molar-refractivity contribution in [3.8, 4) is 0 Å². The van der Waals surface area contributed by atoms with E-state index in [0.29, 0.717) is 6.04 Å². The highest BCUT2D eigenvalue weighted by molar-refractivity contribution is 5.83. The molecule has 0 bridgehead atoms. The summed E-state index contributed by atoms with van der Waals surface area (Å²) >= 11 is 0. The molecule has 15 heavy (non-hydrogen) atoms. The van der Waals surface area contributed by atoms with Crippen LogP contribution in [-0.2, 0) is 9.53 Å². The number of hydrogen-bond donors (Lipinski definition) is 2. The van der Waals surface area contributed by atoms with Gasteiger partial charge < -0.3 is 15.4 Å².